The molecule has 1 saturated heterocycles. The quantitative estimate of drug-likeness (QED) is 0.777. The molecule has 29 heavy (non-hydrogen) atoms. The van der Waals surface area contributed by atoms with Gasteiger partial charge in [-0.2, -0.15) is 4.31 Å². The summed E-state index contributed by atoms with van der Waals surface area (Å²) >= 11 is 0. The lowest BCUT2D eigenvalue weighted by molar-refractivity contribution is -0.127. The van der Waals surface area contributed by atoms with Gasteiger partial charge in [0.1, 0.15) is 5.82 Å². The maximum atomic E-state index is 13.2. The lowest BCUT2D eigenvalue weighted by atomic mass is 9.93. The molecule has 2 unspecified atom stereocenters. The first-order valence-corrected chi connectivity index (χ1v) is 11.3. The van der Waals surface area contributed by atoms with E-state index in [-0.39, 0.29) is 29.3 Å². The fraction of sp³-hybridized carbons (Fsp3) is 0.409. The van der Waals surface area contributed by atoms with Crippen molar-refractivity contribution in [3.8, 4) is 0 Å². The normalized spacial score (nSPS) is 19.1. The monoisotopic (exact) mass is 418 g/mol. The van der Waals surface area contributed by atoms with E-state index in [0.29, 0.717) is 19.4 Å². The van der Waals surface area contributed by atoms with E-state index in [4.69, 9.17) is 0 Å². The van der Waals surface area contributed by atoms with Crippen LogP contribution in [0, 0.1) is 17.7 Å². The molecule has 2 aromatic carbocycles. The van der Waals surface area contributed by atoms with Crippen LogP contribution in [0.4, 0.5) is 4.39 Å². The van der Waals surface area contributed by atoms with Crippen molar-refractivity contribution in [3.63, 3.8) is 0 Å². The van der Waals surface area contributed by atoms with Crippen LogP contribution < -0.4 is 5.32 Å². The molecular formula is C22H27FN2O3S. The van der Waals surface area contributed by atoms with Gasteiger partial charge < -0.3 is 5.32 Å². The Kier molecular flexibility index (Phi) is 6.70. The molecule has 0 aromatic heterocycles. The third kappa shape index (κ3) is 5.03. The lowest BCUT2D eigenvalue weighted by Gasteiger charge is -2.33. The van der Waals surface area contributed by atoms with Crippen LogP contribution in [0.25, 0.3) is 0 Å². The number of nitrogens with zero attached hydrogens (tertiary/aromatic N) is 1. The highest BCUT2D eigenvalue weighted by Crippen LogP contribution is 2.26. The second kappa shape index (κ2) is 9.05. The molecule has 2 atom stereocenters. The number of nitrogens with one attached hydrogen (secondary N) is 1. The Morgan fingerprint density at radius 3 is 2.38 bits per heavy atom. The fourth-order valence-corrected chi connectivity index (χ4v) is 5.22. The largest absolute Gasteiger partial charge is 0.349 e. The number of amides is 1. The van der Waals surface area contributed by atoms with Crippen molar-refractivity contribution in [1.82, 2.24) is 9.62 Å². The van der Waals surface area contributed by atoms with Gasteiger partial charge >= 0.3 is 0 Å². The van der Waals surface area contributed by atoms with Crippen LogP contribution in [0.2, 0.25) is 0 Å². The van der Waals surface area contributed by atoms with Crippen LogP contribution in [-0.4, -0.2) is 31.7 Å². The van der Waals surface area contributed by atoms with Crippen LogP contribution in [0.5, 0.6) is 0 Å². The van der Waals surface area contributed by atoms with Crippen molar-refractivity contribution < 1.29 is 17.6 Å². The molecule has 1 heterocycles. The number of piperidine rings is 1. The summed E-state index contributed by atoms with van der Waals surface area (Å²) in [4.78, 5) is 13.0. The molecule has 1 aliphatic heterocycles. The summed E-state index contributed by atoms with van der Waals surface area (Å²) in [6.45, 7) is 4.58. The van der Waals surface area contributed by atoms with E-state index in [0.717, 1.165) is 17.7 Å². The average molecular weight is 419 g/mol. The summed E-state index contributed by atoms with van der Waals surface area (Å²) in [7, 11) is -3.76. The Morgan fingerprint density at radius 2 is 1.76 bits per heavy atom. The summed E-state index contributed by atoms with van der Waals surface area (Å²) in [6, 6.07) is 14.4. The number of rotatable bonds is 6. The second-order valence-electron chi connectivity index (χ2n) is 7.80. The first-order valence-electron chi connectivity index (χ1n) is 9.90. The first-order chi connectivity index (χ1) is 13.8. The smallest absolute Gasteiger partial charge is 0.243 e. The molecular weight excluding hydrogens is 391 g/mol. The highest BCUT2D eigenvalue weighted by molar-refractivity contribution is 7.89. The van der Waals surface area contributed by atoms with Crippen LogP contribution in [0.15, 0.2) is 59.5 Å². The van der Waals surface area contributed by atoms with E-state index in [2.05, 4.69) is 5.32 Å². The molecule has 1 fully saturated rings. The van der Waals surface area contributed by atoms with Crippen molar-refractivity contribution in [1.29, 1.82) is 0 Å². The predicted octanol–water partition coefficient (Wildman–Crippen LogP) is 3.74. The zero-order valence-corrected chi connectivity index (χ0v) is 17.5. The molecule has 0 saturated carbocycles. The van der Waals surface area contributed by atoms with E-state index in [1.807, 2.05) is 44.2 Å². The van der Waals surface area contributed by atoms with Crippen LogP contribution in [0.1, 0.15) is 38.3 Å². The minimum absolute atomic E-state index is 0.0456. The van der Waals surface area contributed by atoms with Gasteiger partial charge in [-0.3, -0.25) is 4.79 Å². The molecule has 0 spiro atoms. The van der Waals surface area contributed by atoms with E-state index in [9.17, 15) is 17.6 Å². The molecule has 2 aromatic rings. The van der Waals surface area contributed by atoms with Crippen molar-refractivity contribution in [3.05, 3.63) is 66.0 Å². The third-order valence-electron chi connectivity index (χ3n) is 5.33. The van der Waals surface area contributed by atoms with E-state index in [1.54, 1.807) is 0 Å². The minimum atomic E-state index is -3.76. The summed E-state index contributed by atoms with van der Waals surface area (Å²) in [5.74, 6) is -0.833. The SMILES string of the molecule is CC(C)C(NC(=O)C1CCCN(S(=O)(=O)c2ccc(F)cc2)C1)c1ccccc1. The van der Waals surface area contributed by atoms with Gasteiger partial charge in [-0.1, -0.05) is 44.2 Å². The zero-order valence-electron chi connectivity index (χ0n) is 16.7. The molecule has 5 nitrogen and oxygen atoms in total. The number of halogens is 1. The maximum absolute atomic E-state index is 13.2. The van der Waals surface area contributed by atoms with Gasteiger partial charge in [-0.05, 0) is 48.6 Å². The lowest BCUT2D eigenvalue weighted by Crippen LogP contribution is -2.46. The van der Waals surface area contributed by atoms with Gasteiger partial charge in [0.15, 0.2) is 0 Å². The van der Waals surface area contributed by atoms with Gasteiger partial charge in [0, 0.05) is 13.1 Å². The minimum Gasteiger partial charge on any atom is -0.349 e. The Bertz CT molecular complexity index is 930. The van der Waals surface area contributed by atoms with Gasteiger partial charge in [0.2, 0.25) is 15.9 Å². The van der Waals surface area contributed by atoms with Gasteiger partial charge in [0.25, 0.3) is 0 Å². The summed E-state index contributed by atoms with van der Waals surface area (Å²) < 4.78 is 40.3. The van der Waals surface area contributed by atoms with Crippen LogP contribution in [0.3, 0.4) is 0 Å². The van der Waals surface area contributed by atoms with Crippen molar-refractivity contribution in [2.45, 2.75) is 37.6 Å². The van der Waals surface area contributed by atoms with E-state index in [1.165, 1.54) is 16.4 Å². The molecule has 0 aliphatic carbocycles. The molecule has 7 heteroatoms. The van der Waals surface area contributed by atoms with Gasteiger partial charge in [-0.15, -0.1) is 0 Å². The predicted molar refractivity (Wildman–Crippen MR) is 110 cm³/mol. The highest BCUT2D eigenvalue weighted by Gasteiger charge is 2.34. The third-order valence-corrected chi connectivity index (χ3v) is 7.21. The standard InChI is InChI=1S/C22H27FN2O3S/c1-16(2)21(17-7-4-3-5-8-17)24-22(26)18-9-6-14-25(15-18)29(27,28)20-12-10-19(23)11-13-20/h3-5,7-8,10-13,16,18,21H,6,9,14-15H2,1-2H3,(H,24,26). The molecule has 0 bridgehead atoms. The Morgan fingerprint density at radius 1 is 1.10 bits per heavy atom. The van der Waals surface area contributed by atoms with Crippen LogP contribution in [-0.2, 0) is 14.8 Å². The zero-order chi connectivity index (χ0) is 21.0. The number of hydrogen-bond acceptors (Lipinski definition) is 3. The van der Waals surface area contributed by atoms with E-state index >= 15 is 0 Å². The second-order valence-corrected chi connectivity index (χ2v) is 9.74. The number of benzene rings is 2. The molecule has 0 radical (unpaired) electrons. The maximum Gasteiger partial charge on any atom is 0.243 e. The molecule has 1 amide bonds. The Labute approximate surface area is 172 Å². The summed E-state index contributed by atoms with van der Waals surface area (Å²) in [6.07, 6.45) is 1.25. The topological polar surface area (TPSA) is 66.5 Å². The van der Waals surface area contributed by atoms with Crippen molar-refractivity contribution >= 4 is 15.9 Å². The molecule has 1 aliphatic rings. The molecule has 3 rings (SSSR count). The Balaban J connectivity index is 1.72. The van der Waals surface area contributed by atoms with Gasteiger partial charge in [0.05, 0.1) is 16.9 Å². The molecule has 156 valence electrons. The van der Waals surface area contributed by atoms with E-state index < -0.39 is 21.8 Å². The number of carbonyl (C=O) groups excluding carboxylic acids is 1. The summed E-state index contributed by atoms with van der Waals surface area (Å²) in [5, 5.41) is 3.11. The average Bonchev–Trinajstić information content (AvgIpc) is 2.72. The molecule has 1 N–H and O–H groups in total. The highest BCUT2D eigenvalue weighted by atomic mass is 32.2. The first kappa shape index (κ1) is 21.5. The van der Waals surface area contributed by atoms with Gasteiger partial charge in [-0.25, -0.2) is 12.8 Å². The Hall–Kier alpha value is -2.25. The van der Waals surface area contributed by atoms with Crippen molar-refractivity contribution in [2.75, 3.05) is 13.1 Å². The van der Waals surface area contributed by atoms with Crippen LogP contribution >= 0.6 is 0 Å². The number of sulfonamides is 1. The number of hydrogen-bond donors (Lipinski definition) is 1. The summed E-state index contributed by atoms with van der Waals surface area (Å²) in [5.41, 5.74) is 1.03. The number of carbonyl (C=O) groups is 1. The fourth-order valence-electron chi connectivity index (χ4n) is 3.70. The van der Waals surface area contributed by atoms with Crippen molar-refractivity contribution in [2.24, 2.45) is 11.8 Å².